The molecule has 1 aromatic heterocycles. The van der Waals surface area contributed by atoms with Crippen LogP contribution in [0.2, 0.25) is 0 Å². The lowest BCUT2D eigenvalue weighted by atomic mass is 9.99. The number of ether oxygens (including phenoxy) is 4. The highest BCUT2D eigenvalue weighted by Crippen LogP contribution is 2.38. The molecule has 3 aromatic carbocycles. The quantitative estimate of drug-likeness (QED) is 0.0989. The van der Waals surface area contributed by atoms with E-state index in [4.69, 9.17) is 24.7 Å². The molecule has 1 unspecified atom stereocenters. The van der Waals surface area contributed by atoms with Gasteiger partial charge in [0.05, 0.1) is 19.3 Å². The van der Waals surface area contributed by atoms with Crippen molar-refractivity contribution < 1.29 is 41.7 Å². The van der Waals surface area contributed by atoms with Gasteiger partial charge in [0.2, 0.25) is 0 Å². The maximum absolute atomic E-state index is 14.4. The van der Waals surface area contributed by atoms with Gasteiger partial charge in [-0.1, -0.05) is 32.0 Å². The van der Waals surface area contributed by atoms with E-state index >= 15 is 0 Å². The molecule has 4 N–H and O–H groups in total. The molecule has 1 amide bonds. The van der Waals surface area contributed by atoms with Crippen LogP contribution in [0.1, 0.15) is 45.7 Å². The molecule has 0 fully saturated rings. The topological polar surface area (TPSA) is 134 Å². The molecule has 1 atom stereocenters. The van der Waals surface area contributed by atoms with Crippen LogP contribution in [0.5, 0.6) is 17.2 Å². The number of anilines is 2. The number of rotatable bonds is 14. The number of nitrogens with two attached hydrogens (primary N) is 1. The molecule has 0 saturated carbocycles. The Morgan fingerprint density at radius 2 is 1.67 bits per heavy atom. The van der Waals surface area contributed by atoms with Crippen molar-refractivity contribution in [2.75, 3.05) is 24.3 Å². The average molecular weight is 669 g/mol. The van der Waals surface area contributed by atoms with Gasteiger partial charge < -0.3 is 35.3 Å². The average Bonchev–Trinajstić information content (AvgIpc) is 3.03. The van der Waals surface area contributed by atoms with Crippen LogP contribution in [0, 0.1) is 5.92 Å². The first-order chi connectivity index (χ1) is 22.7. The predicted molar refractivity (Wildman–Crippen MR) is 176 cm³/mol. The first-order valence-electron chi connectivity index (χ1n) is 15.4. The molecule has 0 aliphatic heterocycles. The summed E-state index contributed by atoms with van der Waals surface area (Å²) in [4.78, 5) is 31.1. The van der Waals surface area contributed by atoms with E-state index in [1.165, 1.54) is 30.5 Å². The lowest BCUT2D eigenvalue weighted by Crippen LogP contribution is -2.54. The number of nitrogens with one attached hydrogen (secondary N) is 2. The smallest absolute Gasteiger partial charge is 0.491 e. The van der Waals surface area contributed by atoms with Crippen molar-refractivity contribution in [3.8, 4) is 17.2 Å². The van der Waals surface area contributed by atoms with Gasteiger partial charge >= 0.3 is 12.1 Å². The molecule has 0 aliphatic rings. The minimum atomic E-state index is -5.45. The highest BCUT2D eigenvalue weighted by atomic mass is 19.4. The highest BCUT2D eigenvalue weighted by Gasteiger charge is 2.52. The second kappa shape index (κ2) is 15.1. The molecular formula is C35H39F3N4O6. The summed E-state index contributed by atoms with van der Waals surface area (Å²) in [7, 11) is 0. The number of pyridine rings is 1. The van der Waals surface area contributed by atoms with E-state index in [1.54, 1.807) is 63.2 Å². The molecule has 256 valence electrons. The number of carbonyl (C=O) groups is 2. The highest BCUT2D eigenvalue weighted by molar-refractivity contribution is 5.95. The van der Waals surface area contributed by atoms with E-state index in [2.05, 4.69) is 15.6 Å². The maximum atomic E-state index is 14.4. The normalized spacial score (nSPS) is 12.8. The number of halogens is 3. The zero-order chi connectivity index (χ0) is 35.1. The molecule has 0 spiro atoms. The van der Waals surface area contributed by atoms with Gasteiger partial charge in [-0.3, -0.25) is 4.79 Å². The van der Waals surface area contributed by atoms with E-state index < -0.39 is 23.8 Å². The van der Waals surface area contributed by atoms with Crippen LogP contribution < -0.4 is 30.6 Å². The molecule has 0 aliphatic carbocycles. The van der Waals surface area contributed by atoms with Crippen molar-refractivity contribution in [1.29, 1.82) is 0 Å². The summed E-state index contributed by atoms with van der Waals surface area (Å²) in [5.74, 6) is -2.39. The van der Waals surface area contributed by atoms with Crippen LogP contribution >= 0.6 is 0 Å². The Morgan fingerprint density at radius 1 is 0.917 bits per heavy atom. The summed E-state index contributed by atoms with van der Waals surface area (Å²) in [6.07, 6.45) is -4.26. The van der Waals surface area contributed by atoms with Gasteiger partial charge in [0.25, 0.3) is 11.6 Å². The van der Waals surface area contributed by atoms with Gasteiger partial charge in [-0.2, -0.15) is 13.2 Å². The van der Waals surface area contributed by atoms with Crippen molar-refractivity contribution in [1.82, 2.24) is 10.3 Å². The third-order valence-corrected chi connectivity index (χ3v) is 6.91. The molecular weight excluding hydrogens is 629 g/mol. The second-order valence-corrected chi connectivity index (χ2v) is 11.6. The Bertz CT molecular complexity index is 1750. The van der Waals surface area contributed by atoms with E-state index in [0.29, 0.717) is 28.7 Å². The number of amides is 1. The number of carbonyl (C=O) groups excluding carboxylic acids is 2. The monoisotopic (exact) mass is 668 g/mol. The van der Waals surface area contributed by atoms with Crippen LogP contribution in [0.15, 0.2) is 72.9 Å². The van der Waals surface area contributed by atoms with Crippen LogP contribution in [-0.4, -0.2) is 42.4 Å². The minimum absolute atomic E-state index is 0.121. The summed E-state index contributed by atoms with van der Waals surface area (Å²) in [5.41, 5.74) is 3.75. The molecule has 0 saturated heterocycles. The molecule has 4 rings (SSSR count). The summed E-state index contributed by atoms with van der Waals surface area (Å²) in [6.45, 7) is 9.63. The molecule has 10 nitrogen and oxygen atoms in total. The number of hydrogen-bond acceptors (Lipinski definition) is 9. The Labute approximate surface area is 276 Å². The molecule has 0 radical (unpaired) electrons. The van der Waals surface area contributed by atoms with Gasteiger partial charge in [0, 0.05) is 34.9 Å². The van der Waals surface area contributed by atoms with Crippen molar-refractivity contribution in [3.05, 3.63) is 84.1 Å². The van der Waals surface area contributed by atoms with E-state index in [9.17, 15) is 22.8 Å². The summed E-state index contributed by atoms with van der Waals surface area (Å²) in [5, 5.41) is 6.59. The lowest BCUT2D eigenvalue weighted by Gasteiger charge is -2.35. The van der Waals surface area contributed by atoms with Crippen LogP contribution in [0.3, 0.4) is 0 Å². The minimum Gasteiger partial charge on any atom is -0.493 e. The number of esters is 1. The van der Waals surface area contributed by atoms with Gasteiger partial charge in [-0.05, 0) is 80.6 Å². The summed E-state index contributed by atoms with van der Waals surface area (Å²) >= 11 is 0. The number of fused-ring (bicyclic) bond motifs is 1. The summed E-state index contributed by atoms with van der Waals surface area (Å²) in [6, 6.07) is 17.3. The number of nitrogens with zero attached hydrogens (tertiary/aromatic N) is 1. The molecule has 48 heavy (non-hydrogen) atoms. The third kappa shape index (κ3) is 8.58. The third-order valence-electron chi connectivity index (χ3n) is 6.91. The Morgan fingerprint density at radius 3 is 2.35 bits per heavy atom. The Hall–Kier alpha value is -5.20. The Balaban J connectivity index is 1.88. The van der Waals surface area contributed by atoms with Crippen molar-refractivity contribution in [3.63, 3.8) is 0 Å². The van der Waals surface area contributed by atoms with Gasteiger partial charge in [-0.15, -0.1) is 0 Å². The van der Waals surface area contributed by atoms with Crippen LogP contribution in [0.4, 0.5) is 24.7 Å². The zero-order valence-electron chi connectivity index (χ0n) is 27.3. The first kappa shape index (κ1) is 35.7. The van der Waals surface area contributed by atoms with Gasteiger partial charge in [0.15, 0.2) is 11.5 Å². The SMILES string of the molecule is CCOc1cc(C(Nc2ccc3c(N)nccc3c2)(OC(=O)C(F)(F)F)C(=O)NCc2ccccc2OCC(C)C)ccc1OC(C)C. The zero-order valence-corrected chi connectivity index (χ0v) is 27.3. The molecule has 4 aromatic rings. The molecule has 13 heteroatoms. The van der Waals surface area contributed by atoms with E-state index in [-0.39, 0.29) is 53.7 Å². The number of alkyl halides is 3. The number of aromatic nitrogens is 1. The number of hydrogen-bond donors (Lipinski definition) is 3. The summed E-state index contributed by atoms with van der Waals surface area (Å²) < 4.78 is 64.4. The number of nitrogen functional groups attached to an aromatic ring is 1. The van der Waals surface area contributed by atoms with Gasteiger partial charge in [0.1, 0.15) is 11.6 Å². The van der Waals surface area contributed by atoms with Gasteiger partial charge in [-0.25, -0.2) is 9.78 Å². The van der Waals surface area contributed by atoms with Crippen LogP contribution in [0.25, 0.3) is 10.8 Å². The van der Waals surface area contributed by atoms with Crippen molar-refractivity contribution >= 4 is 34.2 Å². The standard InChI is InChI=1S/C35H39F3N4O6/c1-6-45-30-18-25(11-14-29(30)47-22(4)5)34(48-33(44)35(36,37)38,42-26-12-13-27-23(17-26)15-16-40-31(27)39)32(43)41-19-24-9-7-8-10-28(24)46-20-21(2)3/h7-18,21-22,42H,6,19-20H2,1-5H3,(H2,39,40)(H,41,43). The van der Waals surface area contributed by atoms with Crippen molar-refractivity contribution in [2.24, 2.45) is 5.92 Å². The first-order valence-corrected chi connectivity index (χ1v) is 15.4. The largest absolute Gasteiger partial charge is 0.493 e. The second-order valence-electron chi connectivity index (χ2n) is 11.6. The number of benzene rings is 3. The van der Waals surface area contributed by atoms with Crippen LogP contribution in [-0.2, 0) is 26.6 Å². The fraction of sp³-hybridized carbons (Fsp3) is 0.343. The maximum Gasteiger partial charge on any atom is 0.491 e. The molecule has 0 bridgehead atoms. The fourth-order valence-electron chi connectivity index (χ4n) is 4.76. The predicted octanol–water partition coefficient (Wildman–Crippen LogP) is 6.72. The lowest BCUT2D eigenvalue weighted by molar-refractivity contribution is -0.213. The van der Waals surface area contributed by atoms with E-state index in [1.807, 2.05) is 13.8 Å². The number of para-hydroxylation sites is 1. The Kier molecular flexibility index (Phi) is 11.2. The fourth-order valence-corrected chi connectivity index (χ4v) is 4.76. The van der Waals surface area contributed by atoms with Crippen molar-refractivity contribution in [2.45, 2.75) is 59.2 Å². The molecule has 1 heterocycles. The van der Waals surface area contributed by atoms with E-state index in [0.717, 1.165) is 0 Å².